The Hall–Kier alpha value is -0.300. The van der Waals surface area contributed by atoms with E-state index in [0.29, 0.717) is 0 Å². The van der Waals surface area contributed by atoms with E-state index in [1.54, 1.807) is 11.1 Å². The summed E-state index contributed by atoms with van der Waals surface area (Å²) in [6, 6.07) is 8.92. The number of benzene rings is 1. The molecule has 0 aromatic heterocycles. The van der Waals surface area contributed by atoms with Gasteiger partial charge in [-0.15, -0.1) is 0 Å². The van der Waals surface area contributed by atoms with E-state index in [1.165, 1.54) is 32.1 Å². The van der Waals surface area contributed by atoms with Gasteiger partial charge in [0.05, 0.1) is 0 Å². The molecule has 0 aliphatic heterocycles. The van der Waals surface area contributed by atoms with Crippen molar-refractivity contribution in [1.82, 2.24) is 0 Å². The molecule has 2 rings (SSSR count). The van der Waals surface area contributed by atoms with Crippen molar-refractivity contribution in [3.63, 3.8) is 0 Å². The van der Waals surface area contributed by atoms with Crippen LogP contribution in [0.25, 0.3) is 0 Å². The van der Waals surface area contributed by atoms with Gasteiger partial charge in [0.15, 0.2) is 0 Å². The summed E-state index contributed by atoms with van der Waals surface area (Å²) < 4.78 is 0. The lowest BCUT2D eigenvalue weighted by Gasteiger charge is -2.28. The fourth-order valence-electron chi connectivity index (χ4n) is 2.55. The van der Waals surface area contributed by atoms with Crippen LogP contribution in [0.5, 0.6) is 0 Å². The Morgan fingerprint density at radius 3 is 2.80 bits per heavy atom. The highest BCUT2D eigenvalue weighted by molar-refractivity contribution is 9.09. The van der Waals surface area contributed by atoms with Crippen LogP contribution in [0.2, 0.25) is 0 Å². The smallest absolute Gasteiger partial charge is 0.0177 e. The Bertz CT molecular complexity index is 319. The second-order valence-corrected chi connectivity index (χ2v) is 5.75. The largest absolute Gasteiger partial charge is 0.0888 e. The molecule has 0 amide bonds. The molecule has 82 valence electrons. The standard InChI is InChI=1S/C14H19Br/c1-2-5-14(15)13-9-8-11-6-3-4-7-12(11)10-13/h3-4,6-7,13-14H,2,5,8-10H2,1H3. The lowest BCUT2D eigenvalue weighted by atomic mass is 9.81. The average molecular weight is 267 g/mol. The lowest BCUT2D eigenvalue weighted by molar-refractivity contribution is 0.430. The zero-order valence-electron chi connectivity index (χ0n) is 9.38. The fraction of sp³-hybridized carbons (Fsp3) is 0.571. The summed E-state index contributed by atoms with van der Waals surface area (Å²) in [5.41, 5.74) is 3.15. The van der Waals surface area contributed by atoms with Crippen LogP contribution in [0.15, 0.2) is 24.3 Å². The van der Waals surface area contributed by atoms with Gasteiger partial charge in [-0.05, 0) is 42.7 Å². The summed E-state index contributed by atoms with van der Waals surface area (Å²) in [6.07, 6.45) is 6.49. The van der Waals surface area contributed by atoms with Crippen LogP contribution >= 0.6 is 15.9 Å². The zero-order chi connectivity index (χ0) is 10.7. The highest BCUT2D eigenvalue weighted by Gasteiger charge is 2.23. The first-order valence-electron chi connectivity index (χ1n) is 6.02. The van der Waals surface area contributed by atoms with E-state index in [0.717, 1.165) is 10.7 Å². The number of aryl methyl sites for hydroxylation is 1. The molecule has 0 N–H and O–H groups in total. The van der Waals surface area contributed by atoms with Crippen LogP contribution in [0.1, 0.15) is 37.3 Å². The van der Waals surface area contributed by atoms with E-state index < -0.39 is 0 Å². The highest BCUT2D eigenvalue weighted by Crippen LogP contribution is 2.32. The first-order valence-corrected chi connectivity index (χ1v) is 6.93. The Balaban J connectivity index is 2.05. The first kappa shape index (κ1) is 11.2. The van der Waals surface area contributed by atoms with E-state index >= 15 is 0 Å². The molecule has 0 nitrogen and oxygen atoms in total. The van der Waals surface area contributed by atoms with Gasteiger partial charge in [0.1, 0.15) is 0 Å². The van der Waals surface area contributed by atoms with Crippen LogP contribution < -0.4 is 0 Å². The number of hydrogen-bond donors (Lipinski definition) is 0. The van der Waals surface area contributed by atoms with Gasteiger partial charge in [-0.25, -0.2) is 0 Å². The third kappa shape index (κ3) is 2.63. The summed E-state index contributed by atoms with van der Waals surface area (Å²) in [7, 11) is 0. The molecular weight excluding hydrogens is 248 g/mol. The summed E-state index contributed by atoms with van der Waals surface area (Å²) in [5.74, 6) is 0.847. The third-order valence-electron chi connectivity index (χ3n) is 3.46. The van der Waals surface area contributed by atoms with E-state index in [1.807, 2.05) is 0 Å². The number of rotatable bonds is 3. The van der Waals surface area contributed by atoms with E-state index in [2.05, 4.69) is 47.1 Å². The van der Waals surface area contributed by atoms with Gasteiger partial charge < -0.3 is 0 Å². The van der Waals surface area contributed by atoms with Gasteiger partial charge in [0.25, 0.3) is 0 Å². The van der Waals surface area contributed by atoms with Gasteiger partial charge in [-0.1, -0.05) is 53.5 Å². The Labute approximate surface area is 101 Å². The van der Waals surface area contributed by atoms with Crippen molar-refractivity contribution in [1.29, 1.82) is 0 Å². The van der Waals surface area contributed by atoms with Crippen molar-refractivity contribution < 1.29 is 0 Å². The van der Waals surface area contributed by atoms with Crippen LogP contribution in [0.4, 0.5) is 0 Å². The molecule has 0 bridgehead atoms. The predicted molar refractivity (Wildman–Crippen MR) is 69.6 cm³/mol. The molecule has 0 radical (unpaired) electrons. The van der Waals surface area contributed by atoms with Crippen molar-refractivity contribution in [2.75, 3.05) is 0 Å². The minimum atomic E-state index is 0.718. The molecule has 0 fully saturated rings. The molecule has 15 heavy (non-hydrogen) atoms. The van der Waals surface area contributed by atoms with E-state index in [9.17, 15) is 0 Å². The van der Waals surface area contributed by atoms with Gasteiger partial charge in [0, 0.05) is 4.83 Å². The zero-order valence-corrected chi connectivity index (χ0v) is 11.0. The Kier molecular flexibility index (Phi) is 3.85. The Morgan fingerprint density at radius 1 is 1.33 bits per heavy atom. The second kappa shape index (κ2) is 5.16. The molecule has 0 saturated heterocycles. The van der Waals surface area contributed by atoms with Crippen LogP contribution in [0, 0.1) is 5.92 Å². The maximum atomic E-state index is 3.85. The van der Waals surface area contributed by atoms with Gasteiger partial charge in [-0.2, -0.15) is 0 Å². The molecule has 2 unspecified atom stereocenters. The fourth-order valence-corrected chi connectivity index (χ4v) is 3.46. The molecule has 1 aliphatic carbocycles. The topological polar surface area (TPSA) is 0 Å². The monoisotopic (exact) mass is 266 g/mol. The molecule has 1 heteroatoms. The predicted octanol–water partition coefficient (Wildman–Crippen LogP) is 4.36. The summed E-state index contributed by atoms with van der Waals surface area (Å²) in [4.78, 5) is 0.718. The molecule has 1 aromatic carbocycles. The highest BCUT2D eigenvalue weighted by atomic mass is 79.9. The molecule has 1 aliphatic rings. The minimum absolute atomic E-state index is 0.718. The molecule has 0 saturated carbocycles. The van der Waals surface area contributed by atoms with E-state index in [-0.39, 0.29) is 0 Å². The van der Waals surface area contributed by atoms with Gasteiger partial charge >= 0.3 is 0 Å². The van der Waals surface area contributed by atoms with Crippen LogP contribution in [-0.2, 0) is 12.8 Å². The van der Waals surface area contributed by atoms with Crippen molar-refractivity contribution >= 4 is 15.9 Å². The summed E-state index contributed by atoms with van der Waals surface area (Å²) in [6.45, 7) is 2.27. The van der Waals surface area contributed by atoms with Crippen molar-refractivity contribution in [3.8, 4) is 0 Å². The maximum absolute atomic E-state index is 3.85. The number of halogens is 1. The molecular formula is C14H19Br. The van der Waals surface area contributed by atoms with Crippen molar-refractivity contribution in [2.45, 2.75) is 43.9 Å². The third-order valence-corrected chi connectivity index (χ3v) is 4.67. The molecule has 1 aromatic rings. The number of alkyl halides is 1. The number of fused-ring (bicyclic) bond motifs is 1. The van der Waals surface area contributed by atoms with Crippen LogP contribution in [-0.4, -0.2) is 4.83 Å². The maximum Gasteiger partial charge on any atom is 0.0177 e. The summed E-state index contributed by atoms with van der Waals surface area (Å²) in [5, 5.41) is 0. The van der Waals surface area contributed by atoms with Gasteiger partial charge in [0.2, 0.25) is 0 Å². The normalized spacial score (nSPS) is 22.1. The van der Waals surface area contributed by atoms with Crippen molar-refractivity contribution in [3.05, 3.63) is 35.4 Å². The first-order chi connectivity index (χ1) is 7.31. The average Bonchev–Trinajstić information content (AvgIpc) is 2.29. The SMILES string of the molecule is CCCC(Br)C1CCc2ccccc2C1. The summed E-state index contributed by atoms with van der Waals surface area (Å²) >= 11 is 3.85. The quantitative estimate of drug-likeness (QED) is 0.714. The minimum Gasteiger partial charge on any atom is -0.0888 e. The Morgan fingerprint density at radius 2 is 2.07 bits per heavy atom. The second-order valence-electron chi connectivity index (χ2n) is 4.58. The van der Waals surface area contributed by atoms with Crippen molar-refractivity contribution in [2.24, 2.45) is 5.92 Å². The van der Waals surface area contributed by atoms with E-state index in [4.69, 9.17) is 0 Å². The molecule has 2 atom stereocenters. The molecule has 0 heterocycles. The lowest BCUT2D eigenvalue weighted by Crippen LogP contribution is -2.22. The molecule has 0 spiro atoms. The van der Waals surface area contributed by atoms with Gasteiger partial charge in [-0.3, -0.25) is 0 Å². The number of hydrogen-bond acceptors (Lipinski definition) is 0. The van der Waals surface area contributed by atoms with Crippen LogP contribution in [0.3, 0.4) is 0 Å².